The van der Waals surface area contributed by atoms with Gasteiger partial charge >= 0.3 is 0 Å². The number of aromatic nitrogens is 2. The van der Waals surface area contributed by atoms with Gasteiger partial charge in [0.05, 0.1) is 0 Å². The molecule has 12 heavy (non-hydrogen) atoms. The minimum Gasteiger partial charge on any atom is -0.368 e. The van der Waals surface area contributed by atoms with E-state index in [0.29, 0.717) is 5.95 Å². The molecule has 0 saturated heterocycles. The fourth-order valence-electron chi connectivity index (χ4n) is 1.12. The summed E-state index contributed by atoms with van der Waals surface area (Å²) >= 11 is 0. The Morgan fingerprint density at radius 2 is 2.33 bits per heavy atom. The number of hydrogen-bond acceptors (Lipinski definition) is 3. The molecule has 1 aromatic heterocycles. The lowest BCUT2D eigenvalue weighted by Gasteiger charge is -2.04. The normalized spacial score (nSPS) is 10.2. The predicted molar refractivity (Wildman–Crippen MR) is 49.5 cm³/mol. The first-order valence-electron chi connectivity index (χ1n) is 4.17. The van der Waals surface area contributed by atoms with Crippen LogP contribution in [-0.2, 0) is 12.8 Å². The van der Waals surface area contributed by atoms with E-state index in [2.05, 4.69) is 23.8 Å². The highest BCUT2D eigenvalue weighted by molar-refractivity contribution is 5.25. The zero-order chi connectivity index (χ0) is 8.97. The van der Waals surface area contributed by atoms with Crippen molar-refractivity contribution in [2.45, 2.75) is 26.2 Å². The highest BCUT2D eigenvalue weighted by Gasteiger charge is 2.02. The van der Waals surface area contributed by atoms with Gasteiger partial charge in [0.15, 0.2) is 0 Å². The first-order valence-corrected chi connectivity index (χ1v) is 4.17. The van der Waals surface area contributed by atoms with Crippen molar-refractivity contribution in [1.82, 2.24) is 9.97 Å². The van der Waals surface area contributed by atoms with Gasteiger partial charge in [0.2, 0.25) is 5.95 Å². The van der Waals surface area contributed by atoms with Crippen molar-refractivity contribution in [3.63, 3.8) is 0 Å². The Bertz CT molecular complexity index is 258. The smallest absolute Gasteiger partial charge is 0.220 e. The van der Waals surface area contributed by atoms with E-state index in [-0.39, 0.29) is 0 Å². The molecule has 0 aliphatic rings. The number of nitrogens with two attached hydrogens (primary N) is 1. The van der Waals surface area contributed by atoms with Gasteiger partial charge in [-0.05, 0) is 25.3 Å². The zero-order valence-electron chi connectivity index (χ0n) is 7.38. The number of aryl methyl sites for hydroxylation is 1. The molecule has 0 atom stereocenters. The molecule has 0 bridgehead atoms. The van der Waals surface area contributed by atoms with E-state index in [1.54, 1.807) is 6.20 Å². The second-order valence-corrected chi connectivity index (χ2v) is 2.70. The van der Waals surface area contributed by atoms with Gasteiger partial charge < -0.3 is 5.73 Å². The van der Waals surface area contributed by atoms with Gasteiger partial charge in [-0.25, -0.2) is 9.97 Å². The molecule has 0 aromatic carbocycles. The molecule has 0 amide bonds. The molecule has 0 unspecified atom stereocenters. The molecular formula is C9H14N3. The van der Waals surface area contributed by atoms with Crippen molar-refractivity contribution in [2.75, 3.05) is 5.73 Å². The minimum atomic E-state index is 0.357. The summed E-state index contributed by atoms with van der Waals surface area (Å²) in [5, 5.41) is 0. The van der Waals surface area contributed by atoms with Crippen LogP contribution in [-0.4, -0.2) is 9.97 Å². The third kappa shape index (κ3) is 1.94. The largest absolute Gasteiger partial charge is 0.368 e. The molecule has 0 aliphatic heterocycles. The first kappa shape index (κ1) is 8.97. The maximum Gasteiger partial charge on any atom is 0.220 e. The molecule has 2 N–H and O–H groups in total. The average molecular weight is 164 g/mol. The molecule has 0 fully saturated rings. The van der Waals surface area contributed by atoms with Gasteiger partial charge in [-0.15, -0.1) is 0 Å². The van der Waals surface area contributed by atoms with E-state index < -0.39 is 0 Å². The van der Waals surface area contributed by atoms with Crippen LogP contribution in [0.1, 0.15) is 24.6 Å². The molecule has 1 aromatic rings. The second kappa shape index (κ2) is 4.04. The van der Waals surface area contributed by atoms with Crippen molar-refractivity contribution in [3.05, 3.63) is 24.4 Å². The highest BCUT2D eigenvalue weighted by Crippen LogP contribution is 2.08. The lowest BCUT2D eigenvalue weighted by Crippen LogP contribution is -2.03. The van der Waals surface area contributed by atoms with Gasteiger partial charge in [0.1, 0.15) is 0 Å². The van der Waals surface area contributed by atoms with Crippen LogP contribution in [0.25, 0.3) is 0 Å². The highest BCUT2D eigenvalue weighted by atomic mass is 15.0. The minimum absolute atomic E-state index is 0.357. The maximum atomic E-state index is 5.47. The molecule has 0 aliphatic carbocycles. The maximum absolute atomic E-state index is 5.47. The van der Waals surface area contributed by atoms with Crippen LogP contribution in [0.15, 0.2) is 6.20 Å². The monoisotopic (exact) mass is 164 g/mol. The molecular weight excluding hydrogens is 150 g/mol. The Kier molecular flexibility index (Phi) is 3.02. The van der Waals surface area contributed by atoms with E-state index in [9.17, 15) is 0 Å². The van der Waals surface area contributed by atoms with Crippen LogP contribution < -0.4 is 5.73 Å². The van der Waals surface area contributed by atoms with Gasteiger partial charge in [-0.2, -0.15) is 0 Å². The standard InChI is InChI=1S/C9H14N3/c1-3-5-8-7(4-2)6-11-9(10)12-8/h6H,2-5H2,1H3,(H2,10,11,12). The van der Waals surface area contributed by atoms with Crippen LogP contribution >= 0.6 is 0 Å². The summed E-state index contributed by atoms with van der Waals surface area (Å²) in [5.41, 5.74) is 7.61. The van der Waals surface area contributed by atoms with Gasteiger partial charge in [0, 0.05) is 11.9 Å². The molecule has 0 saturated carbocycles. The van der Waals surface area contributed by atoms with Crippen molar-refractivity contribution < 1.29 is 0 Å². The number of hydrogen-bond donors (Lipinski definition) is 1. The van der Waals surface area contributed by atoms with Crippen molar-refractivity contribution in [3.8, 4) is 0 Å². The fraction of sp³-hybridized carbons (Fsp3) is 0.444. The molecule has 3 heteroatoms. The SMILES string of the molecule is [CH2]Cc1cnc(N)nc1CCC. The van der Waals surface area contributed by atoms with E-state index in [4.69, 9.17) is 5.73 Å². The first-order chi connectivity index (χ1) is 5.77. The van der Waals surface area contributed by atoms with E-state index in [1.165, 1.54) is 0 Å². The lowest BCUT2D eigenvalue weighted by atomic mass is 10.1. The van der Waals surface area contributed by atoms with Crippen molar-refractivity contribution in [1.29, 1.82) is 0 Å². The number of nitrogen functional groups attached to an aromatic ring is 1. The summed E-state index contributed by atoms with van der Waals surface area (Å²) in [7, 11) is 0. The third-order valence-corrected chi connectivity index (χ3v) is 1.73. The van der Waals surface area contributed by atoms with Crippen LogP contribution in [0.2, 0.25) is 0 Å². The van der Waals surface area contributed by atoms with Crippen molar-refractivity contribution in [2.24, 2.45) is 0 Å². The number of rotatable bonds is 3. The lowest BCUT2D eigenvalue weighted by molar-refractivity contribution is 0.855. The van der Waals surface area contributed by atoms with Crippen LogP contribution in [0, 0.1) is 6.92 Å². The Hall–Kier alpha value is -1.12. The molecule has 0 spiro atoms. The second-order valence-electron chi connectivity index (χ2n) is 2.70. The molecule has 65 valence electrons. The third-order valence-electron chi connectivity index (χ3n) is 1.73. The average Bonchev–Trinajstić information content (AvgIpc) is 2.05. The number of nitrogens with zero attached hydrogens (tertiary/aromatic N) is 2. The van der Waals surface area contributed by atoms with E-state index in [0.717, 1.165) is 30.5 Å². The quantitative estimate of drug-likeness (QED) is 0.734. The molecule has 1 heterocycles. The Labute approximate surface area is 73.0 Å². The van der Waals surface area contributed by atoms with Gasteiger partial charge in [0.25, 0.3) is 0 Å². The van der Waals surface area contributed by atoms with E-state index in [1.807, 2.05) is 0 Å². The van der Waals surface area contributed by atoms with Crippen LogP contribution in [0.4, 0.5) is 5.95 Å². The fourth-order valence-corrected chi connectivity index (χ4v) is 1.12. The van der Waals surface area contributed by atoms with Crippen molar-refractivity contribution >= 4 is 5.95 Å². The summed E-state index contributed by atoms with van der Waals surface area (Å²) in [4.78, 5) is 8.08. The topological polar surface area (TPSA) is 51.8 Å². The molecule has 1 rings (SSSR count). The van der Waals surface area contributed by atoms with Gasteiger partial charge in [-0.3, -0.25) is 0 Å². The Morgan fingerprint density at radius 3 is 2.92 bits per heavy atom. The summed E-state index contributed by atoms with van der Waals surface area (Å²) < 4.78 is 0. The molecule has 1 radical (unpaired) electrons. The zero-order valence-corrected chi connectivity index (χ0v) is 7.38. The summed E-state index contributed by atoms with van der Waals surface area (Å²) in [5.74, 6) is 0.357. The molecule has 3 nitrogen and oxygen atoms in total. The van der Waals surface area contributed by atoms with E-state index >= 15 is 0 Å². The summed E-state index contributed by atoms with van der Waals surface area (Å²) in [6.07, 6.45) is 4.52. The Balaban J connectivity index is 2.95. The summed E-state index contributed by atoms with van der Waals surface area (Å²) in [6.45, 7) is 5.92. The van der Waals surface area contributed by atoms with Gasteiger partial charge in [-0.1, -0.05) is 13.3 Å². The summed E-state index contributed by atoms with van der Waals surface area (Å²) in [6, 6.07) is 0. The van der Waals surface area contributed by atoms with Crippen LogP contribution in [0.5, 0.6) is 0 Å². The van der Waals surface area contributed by atoms with Crippen LogP contribution in [0.3, 0.4) is 0 Å². The predicted octanol–water partition coefficient (Wildman–Crippen LogP) is 1.39. The number of anilines is 1. The Morgan fingerprint density at radius 1 is 1.58 bits per heavy atom.